The standard InChI is InChI=1S/C20H28N2O4/c1-19(2,3)26-17(23)21-16-12-22(14-20(16)10-7-11-20)18(24)25-13-15-8-5-4-6-9-15/h4-6,8-9,16H,7,10-14H2,1-3H3,(H,21,23)/t16-/m1/s1. The van der Waals surface area contributed by atoms with Crippen molar-refractivity contribution in [2.24, 2.45) is 5.41 Å². The summed E-state index contributed by atoms with van der Waals surface area (Å²) in [6.07, 6.45) is 2.40. The Balaban J connectivity index is 1.57. The summed E-state index contributed by atoms with van der Waals surface area (Å²) in [7, 11) is 0. The Morgan fingerprint density at radius 2 is 1.92 bits per heavy atom. The van der Waals surface area contributed by atoms with Crippen molar-refractivity contribution in [3.8, 4) is 0 Å². The number of carbonyl (C=O) groups is 2. The molecule has 1 aliphatic carbocycles. The van der Waals surface area contributed by atoms with E-state index in [9.17, 15) is 9.59 Å². The second kappa shape index (κ2) is 7.17. The summed E-state index contributed by atoms with van der Waals surface area (Å²) < 4.78 is 10.8. The number of benzene rings is 1. The van der Waals surface area contributed by atoms with Crippen LogP contribution in [-0.4, -0.2) is 41.8 Å². The highest BCUT2D eigenvalue weighted by Gasteiger charge is 2.52. The summed E-state index contributed by atoms with van der Waals surface area (Å²) >= 11 is 0. The molecule has 0 bridgehead atoms. The molecule has 142 valence electrons. The van der Waals surface area contributed by atoms with Gasteiger partial charge in [-0.2, -0.15) is 0 Å². The predicted molar refractivity (Wildman–Crippen MR) is 97.6 cm³/mol. The fourth-order valence-electron chi connectivity index (χ4n) is 3.70. The molecule has 1 spiro atoms. The molecular formula is C20H28N2O4. The van der Waals surface area contributed by atoms with Crippen molar-refractivity contribution < 1.29 is 19.1 Å². The van der Waals surface area contributed by atoms with E-state index in [1.54, 1.807) is 4.90 Å². The Labute approximate surface area is 154 Å². The van der Waals surface area contributed by atoms with Crippen molar-refractivity contribution in [2.45, 2.75) is 58.3 Å². The van der Waals surface area contributed by atoms with Crippen molar-refractivity contribution >= 4 is 12.2 Å². The molecule has 2 fully saturated rings. The van der Waals surface area contributed by atoms with Crippen LogP contribution in [0.15, 0.2) is 30.3 Å². The number of hydrogen-bond donors (Lipinski definition) is 1. The van der Waals surface area contributed by atoms with Crippen molar-refractivity contribution in [3.05, 3.63) is 35.9 Å². The molecule has 6 heteroatoms. The molecule has 1 saturated heterocycles. The molecule has 6 nitrogen and oxygen atoms in total. The molecule has 26 heavy (non-hydrogen) atoms. The van der Waals surface area contributed by atoms with Gasteiger partial charge in [0.05, 0.1) is 6.04 Å². The molecule has 1 heterocycles. The van der Waals surface area contributed by atoms with Crippen LogP contribution in [0.3, 0.4) is 0 Å². The SMILES string of the molecule is CC(C)(C)OC(=O)N[C@@H]1CN(C(=O)OCc2ccccc2)CC12CCC2. The van der Waals surface area contributed by atoms with E-state index >= 15 is 0 Å². The summed E-state index contributed by atoms with van der Waals surface area (Å²) in [5.41, 5.74) is 0.383. The van der Waals surface area contributed by atoms with E-state index in [-0.39, 0.29) is 24.2 Å². The van der Waals surface area contributed by atoms with E-state index in [4.69, 9.17) is 9.47 Å². The maximum Gasteiger partial charge on any atom is 0.410 e. The average molecular weight is 360 g/mol. The number of likely N-dealkylation sites (tertiary alicyclic amines) is 1. The third kappa shape index (κ3) is 4.29. The Kier molecular flexibility index (Phi) is 5.12. The lowest BCUT2D eigenvalue weighted by Crippen LogP contribution is -2.51. The Morgan fingerprint density at radius 1 is 1.23 bits per heavy atom. The van der Waals surface area contributed by atoms with E-state index in [0.29, 0.717) is 13.1 Å². The molecule has 1 N–H and O–H groups in total. The lowest BCUT2D eigenvalue weighted by molar-refractivity contribution is 0.0403. The molecular weight excluding hydrogens is 332 g/mol. The molecule has 2 amide bonds. The smallest absolute Gasteiger partial charge is 0.410 e. The average Bonchev–Trinajstić information content (AvgIpc) is 2.91. The van der Waals surface area contributed by atoms with Crippen LogP contribution in [0.1, 0.15) is 45.6 Å². The van der Waals surface area contributed by atoms with Gasteiger partial charge in [0.25, 0.3) is 0 Å². The van der Waals surface area contributed by atoms with E-state index in [1.165, 1.54) is 0 Å². The van der Waals surface area contributed by atoms with Gasteiger partial charge in [-0.1, -0.05) is 36.8 Å². The van der Waals surface area contributed by atoms with Gasteiger partial charge in [-0.3, -0.25) is 0 Å². The lowest BCUT2D eigenvalue weighted by Gasteiger charge is -2.42. The number of nitrogens with zero attached hydrogens (tertiary/aromatic N) is 1. The molecule has 2 aliphatic rings. The monoisotopic (exact) mass is 360 g/mol. The fourth-order valence-corrected chi connectivity index (χ4v) is 3.70. The summed E-state index contributed by atoms with van der Waals surface area (Å²) in [5.74, 6) is 0. The molecule has 0 unspecified atom stereocenters. The number of ether oxygens (including phenoxy) is 2. The minimum absolute atomic E-state index is 0.0390. The van der Waals surface area contributed by atoms with Crippen molar-refractivity contribution in [2.75, 3.05) is 13.1 Å². The van der Waals surface area contributed by atoms with Crippen LogP contribution in [0, 0.1) is 5.41 Å². The number of alkyl carbamates (subject to hydrolysis) is 1. The maximum absolute atomic E-state index is 12.5. The quantitative estimate of drug-likeness (QED) is 0.892. The number of hydrogen-bond acceptors (Lipinski definition) is 4. The highest BCUT2D eigenvalue weighted by Crippen LogP contribution is 2.48. The molecule has 1 aliphatic heterocycles. The van der Waals surface area contributed by atoms with E-state index in [2.05, 4.69) is 5.32 Å². The predicted octanol–water partition coefficient (Wildman–Crippen LogP) is 3.70. The normalized spacial score (nSPS) is 21.2. The molecule has 1 aromatic rings. The third-order valence-corrected chi connectivity index (χ3v) is 5.15. The van der Waals surface area contributed by atoms with Crippen LogP contribution in [-0.2, 0) is 16.1 Å². The Bertz CT molecular complexity index is 650. The summed E-state index contributed by atoms with van der Waals surface area (Å²) in [6.45, 7) is 6.87. The van der Waals surface area contributed by atoms with Crippen LogP contribution in [0.2, 0.25) is 0 Å². The first-order valence-corrected chi connectivity index (χ1v) is 9.23. The number of carbonyl (C=O) groups excluding carboxylic acids is 2. The minimum Gasteiger partial charge on any atom is -0.445 e. The van der Waals surface area contributed by atoms with Gasteiger partial charge in [-0.05, 0) is 39.2 Å². The summed E-state index contributed by atoms with van der Waals surface area (Å²) in [6, 6.07) is 9.54. The minimum atomic E-state index is -0.538. The Morgan fingerprint density at radius 3 is 2.50 bits per heavy atom. The summed E-state index contributed by atoms with van der Waals surface area (Å²) in [4.78, 5) is 26.3. The molecule has 1 saturated carbocycles. The fraction of sp³-hybridized carbons (Fsp3) is 0.600. The van der Waals surface area contributed by atoms with Crippen LogP contribution in [0.25, 0.3) is 0 Å². The second-order valence-electron chi connectivity index (χ2n) is 8.34. The van der Waals surface area contributed by atoms with Crippen LogP contribution < -0.4 is 5.32 Å². The Hall–Kier alpha value is -2.24. The van der Waals surface area contributed by atoms with Crippen LogP contribution in [0.4, 0.5) is 9.59 Å². The molecule has 0 radical (unpaired) electrons. The van der Waals surface area contributed by atoms with Gasteiger partial charge in [0.15, 0.2) is 0 Å². The molecule has 0 aromatic heterocycles. The first kappa shape index (κ1) is 18.5. The topological polar surface area (TPSA) is 67.9 Å². The largest absolute Gasteiger partial charge is 0.445 e. The lowest BCUT2D eigenvalue weighted by atomic mass is 9.66. The van der Waals surface area contributed by atoms with Gasteiger partial charge >= 0.3 is 12.2 Å². The zero-order valence-corrected chi connectivity index (χ0v) is 15.8. The van der Waals surface area contributed by atoms with Gasteiger partial charge in [0.2, 0.25) is 0 Å². The van der Waals surface area contributed by atoms with Crippen LogP contribution in [0.5, 0.6) is 0 Å². The van der Waals surface area contributed by atoms with Gasteiger partial charge < -0.3 is 19.7 Å². The number of rotatable bonds is 3. The third-order valence-electron chi connectivity index (χ3n) is 5.15. The maximum atomic E-state index is 12.5. The van der Waals surface area contributed by atoms with Crippen LogP contribution >= 0.6 is 0 Å². The van der Waals surface area contributed by atoms with Crippen molar-refractivity contribution in [3.63, 3.8) is 0 Å². The van der Waals surface area contributed by atoms with Gasteiger partial charge in [0, 0.05) is 18.5 Å². The second-order valence-corrected chi connectivity index (χ2v) is 8.34. The number of nitrogens with one attached hydrogen (secondary N) is 1. The van der Waals surface area contributed by atoms with Crippen molar-refractivity contribution in [1.82, 2.24) is 10.2 Å². The molecule has 1 atom stereocenters. The van der Waals surface area contributed by atoms with Crippen molar-refractivity contribution in [1.29, 1.82) is 0 Å². The highest BCUT2D eigenvalue weighted by molar-refractivity contribution is 5.70. The zero-order valence-electron chi connectivity index (χ0n) is 15.8. The number of amides is 2. The van der Waals surface area contributed by atoms with Gasteiger partial charge in [-0.25, -0.2) is 9.59 Å². The summed E-state index contributed by atoms with van der Waals surface area (Å²) in [5, 5.41) is 2.98. The molecule has 3 rings (SSSR count). The van der Waals surface area contributed by atoms with E-state index in [0.717, 1.165) is 24.8 Å². The first-order chi connectivity index (χ1) is 12.3. The van der Waals surface area contributed by atoms with E-state index in [1.807, 2.05) is 51.1 Å². The zero-order chi connectivity index (χ0) is 18.8. The first-order valence-electron chi connectivity index (χ1n) is 9.23. The van der Waals surface area contributed by atoms with E-state index < -0.39 is 11.7 Å². The molecule has 1 aromatic carbocycles. The highest BCUT2D eigenvalue weighted by atomic mass is 16.6. The van der Waals surface area contributed by atoms with Gasteiger partial charge in [0.1, 0.15) is 12.2 Å². The van der Waals surface area contributed by atoms with Gasteiger partial charge in [-0.15, -0.1) is 0 Å².